The van der Waals surface area contributed by atoms with Gasteiger partial charge >= 0.3 is 19.8 Å². The third-order valence-electron chi connectivity index (χ3n) is 4.03. The maximum Gasteiger partial charge on any atom is 0.509 e. The molecule has 0 radical (unpaired) electrons. The van der Waals surface area contributed by atoms with Gasteiger partial charge in [-0.05, 0) is 55.4 Å². The van der Waals surface area contributed by atoms with E-state index in [0.29, 0.717) is 6.42 Å². The first-order valence-corrected chi connectivity index (χ1v) is 11.5. The van der Waals surface area contributed by atoms with Crippen LogP contribution in [0.1, 0.15) is 40.5 Å². The van der Waals surface area contributed by atoms with Gasteiger partial charge in [0, 0.05) is 0 Å². The molecule has 0 fully saturated rings. The zero-order valence-electron chi connectivity index (χ0n) is 19.5. The summed E-state index contributed by atoms with van der Waals surface area (Å²) in [5.41, 5.74) is -0.821. The molecule has 2 unspecified atom stereocenters. The predicted molar refractivity (Wildman–Crippen MR) is 112 cm³/mol. The smallest absolute Gasteiger partial charge is 0.490 e. The molecule has 1 aliphatic rings. The Morgan fingerprint density at radius 2 is 1.81 bits per heavy atom. The first-order chi connectivity index (χ1) is 14.3. The van der Waals surface area contributed by atoms with Gasteiger partial charge in [0.1, 0.15) is 5.60 Å². The fourth-order valence-corrected chi connectivity index (χ4v) is 3.93. The number of unbranched alkanes of at least 4 members (excludes halogenated alkanes) is 1. The molecular formula is C19H35N2O9P. The third-order valence-corrected chi connectivity index (χ3v) is 6.48. The lowest BCUT2D eigenvalue weighted by Crippen LogP contribution is -2.38. The Bertz CT molecular complexity index is 704. The Morgan fingerprint density at radius 1 is 1.23 bits per heavy atom. The van der Waals surface area contributed by atoms with Crippen LogP contribution in [0.5, 0.6) is 0 Å². The van der Waals surface area contributed by atoms with Crippen molar-refractivity contribution in [3.8, 4) is 0 Å². The van der Waals surface area contributed by atoms with Gasteiger partial charge in [-0.15, -0.1) is 0 Å². The molecule has 1 aliphatic heterocycles. The van der Waals surface area contributed by atoms with Gasteiger partial charge in [0.05, 0.1) is 13.2 Å². The van der Waals surface area contributed by atoms with Gasteiger partial charge in [-0.2, -0.15) is 0 Å². The number of nitrogens with zero attached hydrogens (tertiary/aromatic N) is 2. The molecule has 0 aromatic rings. The van der Waals surface area contributed by atoms with Crippen molar-refractivity contribution >= 4 is 19.8 Å². The van der Waals surface area contributed by atoms with Crippen molar-refractivity contribution in [2.75, 3.05) is 41.4 Å². The summed E-state index contributed by atoms with van der Waals surface area (Å²) >= 11 is 0. The van der Waals surface area contributed by atoms with Crippen LogP contribution in [0.15, 0.2) is 11.5 Å². The van der Waals surface area contributed by atoms with Crippen LogP contribution < -0.4 is 0 Å². The van der Waals surface area contributed by atoms with E-state index in [0.717, 1.165) is 6.42 Å². The maximum atomic E-state index is 13.2. The minimum Gasteiger partial charge on any atom is -0.490 e. The second-order valence-electron chi connectivity index (χ2n) is 8.30. The molecule has 1 N–H and O–H groups in total. The number of ether oxygens (including phenoxy) is 4. The van der Waals surface area contributed by atoms with E-state index in [1.54, 1.807) is 49.0 Å². The largest absolute Gasteiger partial charge is 0.509 e. The second kappa shape index (κ2) is 11.2. The first-order valence-electron chi connectivity index (χ1n) is 10.0. The molecule has 0 bridgehead atoms. The van der Waals surface area contributed by atoms with Crippen LogP contribution in [-0.2, 0) is 32.8 Å². The molecule has 0 aromatic heterocycles. The van der Waals surface area contributed by atoms with E-state index in [9.17, 15) is 19.3 Å². The van der Waals surface area contributed by atoms with Gasteiger partial charge in [0.25, 0.3) is 5.76 Å². The molecule has 0 aromatic carbocycles. The monoisotopic (exact) mass is 466 g/mol. The van der Waals surface area contributed by atoms with Crippen LogP contribution in [0.3, 0.4) is 0 Å². The quantitative estimate of drug-likeness (QED) is 0.274. The summed E-state index contributed by atoms with van der Waals surface area (Å²) in [5, 5.41) is 9.79. The summed E-state index contributed by atoms with van der Waals surface area (Å²) in [4.78, 5) is 24.7. The fraction of sp³-hybridized carbons (Fsp3) is 0.789. The van der Waals surface area contributed by atoms with Gasteiger partial charge in [-0.1, -0.05) is 13.3 Å². The van der Waals surface area contributed by atoms with Crippen molar-refractivity contribution in [2.24, 2.45) is 0 Å². The summed E-state index contributed by atoms with van der Waals surface area (Å²) in [6.07, 6.45) is -2.16. The molecule has 31 heavy (non-hydrogen) atoms. The number of hydrogen-bond donors (Lipinski definition) is 1. The lowest BCUT2D eigenvalue weighted by molar-refractivity contribution is -0.150. The van der Waals surface area contributed by atoms with Crippen molar-refractivity contribution in [3.05, 3.63) is 11.5 Å². The molecule has 0 amide bonds. The minimum absolute atomic E-state index is 0.0926. The molecule has 0 spiro atoms. The van der Waals surface area contributed by atoms with Gasteiger partial charge in [0.2, 0.25) is 6.10 Å². The number of aliphatic hydroxyl groups excluding tert-OH is 1. The number of aliphatic hydroxyl groups is 1. The molecule has 1 heterocycles. The zero-order chi connectivity index (χ0) is 24.0. The zero-order valence-corrected chi connectivity index (χ0v) is 20.4. The van der Waals surface area contributed by atoms with E-state index in [1.165, 1.54) is 9.34 Å². The Hall–Kier alpha value is -1.81. The summed E-state index contributed by atoms with van der Waals surface area (Å²) in [6, 6.07) is 0. The molecule has 11 nitrogen and oxygen atoms in total. The van der Waals surface area contributed by atoms with Crippen molar-refractivity contribution in [1.29, 1.82) is 0 Å². The predicted octanol–water partition coefficient (Wildman–Crippen LogP) is 2.50. The lowest BCUT2D eigenvalue weighted by atomic mass is 10.2. The topological polar surface area (TPSA) is 124 Å². The van der Waals surface area contributed by atoms with Crippen molar-refractivity contribution in [1.82, 2.24) is 9.34 Å². The van der Waals surface area contributed by atoms with Gasteiger partial charge in [-0.3, -0.25) is 0 Å². The minimum atomic E-state index is -3.61. The highest BCUT2D eigenvalue weighted by atomic mass is 31.2. The number of hydrogen-bond acceptors (Lipinski definition) is 9. The van der Waals surface area contributed by atoms with E-state index in [2.05, 4.69) is 0 Å². The summed E-state index contributed by atoms with van der Waals surface area (Å²) < 4.78 is 42.8. The number of carbonyl (C=O) groups is 2. The van der Waals surface area contributed by atoms with Crippen LogP contribution in [0.2, 0.25) is 0 Å². The van der Waals surface area contributed by atoms with E-state index in [4.69, 9.17) is 23.5 Å². The highest BCUT2D eigenvalue weighted by molar-refractivity contribution is 7.54. The van der Waals surface area contributed by atoms with E-state index >= 15 is 0 Å². The van der Waals surface area contributed by atoms with Crippen LogP contribution in [0.4, 0.5) is 4.79 Å². The third kappa shape index (κ3) is 7.38. The van der Waals surface area contributed by atoms with Crippen LogP contribution in [0, 0.1) is 0 Å². The van der Waals surface area contributed by atoms with Crippen molar-refractivity contribution in [2.45, 2.75) is 58.3 Å². The molecule has 0 saturated carbocycles. The first kappa shape index (κ1) is 27.2. The number of rotatable bonds is 11. The molecule has 180 valence electrons. The molecular weight excluding hydrogens is 431 g/mol. The molecule has 0 saturated heterocycles. The number of esters is 1. The molecule has 2 atom stereocenters. The Morgan fingerprint density at radius 3 is 2.26 bits per heavy atom. The molecule has 12 heteroatoms. The highest BCUT2D eigenvalue weighted by Gasteiger charge is 2.47. The van der Waals surface area contributed by atoms with E-state index < -0.39 is 50.0 Å². The second-order valence-corrected chi connectivity index (χ2v) is 11.1. The van der Waals surface area contributed by atoms with Gasteiger partial charge in [-0.25, -0.2) is 23.5 Å². The standard InChI is InChI=1S/C19H35N2O9P/c1-9-10-11-26-15-14(13(12-22)27-18(24)29-19(2,3)4)28-17(23)16(15)30-31(25,20(5)6)21(7)8/h13-14,22H,9-12H2,1-8H3. The fourth-order valence-electron chi connectivity index (χ4n) is 2.49. The summed E-state index contributed by atoms with van der Waals surface area (Å²) in [7, 11) is 2.55. The number of carbonyl (C=O) groups excluding carboxylic acids is 2. The Balaban J connectivity index is 3.27. The Labute approximate surface area is 183 Å². The van der Waals surface area contributed by atoms with Crippen LogP contribution in [0.25, 0.3) is 0 Å². The summed E-state index contributed by atoms with van der Waals surface area (Å²) in [5.74, 6) is -1.42. The van der Waals surface area contributed by atoms with Crippen LogP contribution >= 0.6 is 7.67 Å². The highest BCUT2D eigenvalue weighted by Crippen LogP contribution is 2.53. The SMILES string of the molecule is CCCCOC1=C(OP(=O)(N(C)C)N(C)C)C(=O)OC1C(CO)OC(=O)OC(C)(C)C. The van der Waals surface area contributed by atoms with Gasteiger partial charge < -0.3 is 28.6 Å². The normalized spacial score (nSPS) is 18.3. The Kier molecular flexibility index (Phi) is 9.81. The summed E-state index contributed by atoms with van der Waals surface area (Å²) in [6.45, 7) is 6.46. The van der Waals surface area contributed by atoms with Crippen LogP contribution in [-0.4, -0.2) is 85.8 Å². The average molecular weight is 466 g/mol. The van der Waals surface area contributed by atoms with Gasteiger partial charge in [0.15, 0.2) is 11.9 Å². The van der Waals surface area contributed by atoms with Crippen molar-refractivity contribution < 1.29 is 42.7 Å². The number of cyclic esters (lactones) is 1. The maximum absolute atomic E-state index is 13.2. The average Bonchev–Trinajstić information content (AvgIpc) is 2.93. The lowest BCUT2D eigenvalue weighted by Gasteiger charge is -2.29. The van der Waals surface area contributed by atoms with E-state index in [1.807, 2.05) is 6.92 Å². The molecule has 1 rings (SSSR count). The van der Waals surface area contributed by atoms with Crippen molar-refractivity contribution in [3.63, 3.8) is 0 Å². The van der Waals surface area contributed by atoms with E-state index in [-0.39, 0.29) is 12.4 Å². The molecule has 0 aliphatic carbocycles.